The average Bonchev–Trinajstić information content (AvgIpc) is 2.93. The van der Waals surface area contributed by atoms with E-state index in [-0.39, 0.29) is 6.54 Å². The van der Waals surface area contributed by atoms with Gasteiger partial charge < -0.3 is 10.6 Å². The maximum atomic E-state index is 13.7. The van der Waals surface area contributed by atoms with Crippen LogP contribution in [0, 0.1) is 5.82 Å². The van der Waals surface area contributed by atoms with E-state index >= 15 is 0 Å². The van der Waals surface area contributed by atoms with Crippen molar-refractivity contribution < 1.29 is 18.8 Å². The van der Waals surface area contributed by atoms with Crippen LogP contribution in [0.2, 0.25) is 0 Å². The summed E-state index contributed by atoms with van der Waals surface area (Å²) in [6, 6.07) is 14.5. The summed E-state index contributed by atoms with van der Waals surface area (Å²) in [6.45, 7) is 1.49. The van der Waals surface area contributed by atoms with Crippen molar-refractivity contribution in [3.05, 3.63) is 71.5 Å². The summed E-state index contributed by atoms with van der Waals surface area (Å²) in [5, 5.41) is 5.32. The quantitative estimate of drug-likeness (QED) is 0.722. The zero-order chi connectivity index (χ0) is 20.1. The molecule has 0 radical (unpaired) electrons. The SMILES string of the molecule is CCC[C@]1(c2ccccc2)NC(=O)N(CC(=O)NCc2ccccc2F)C1=O. The zero-order valence-electron chi connectivity index (χ0n) is 15.6. The molecule has 0 bridgehead atoms. The molecule has 2 N–H and O–H groups in total. The number of carbonyl (C=O) groups excluding carboxylic acids is 3. The lowest BCUT2D eigenvalue weighted by atomic mass is 9.85. The second-order valence-corrected chi connectivity index (χ2v) is 6.71. The van der Waals surface area contributed by atoms with E-state index in [2.05, 4.69) is 10.6 Å². The van der Waals surface area contributed by atoms with Crippen LogP contribution in [-0.4, -0.2) is 29.3 Å². The maximum Gasteiger partial charge on any atom is 0.325 e. The van der Waals surface area contributed by atoms with Gasteiger partial charge in [-0.15, -0.1) is 0 Å². The Hall–Kier alpha value is -3.22. The highest BCUT2D eigenvalue weighted by molar-refractivity contribution is 6.09. The highest BCUT2D eigenvalue weighted by Gasteiger charge is 2.52. The average molecular weight is 383 g/mol. The van der Waals surface area contributed by atoms with Crippen LogP contribution in [-0.2, 0) is 21.7 Å². The summed E-state index contributed by atoms with van der Waals surface area (Å²) in [7, 11) is 0. The molecular formula is C21H22FN3O3. The van der Waals surface area contributed by atoms with E-state index in [1.807, 2.05) is 13.0 Å². The van der Waals surface area contributed by atoms with Crippen LogP contribution in [0.25, 0.3) is 0 Å². The lowest BCUT2D eigenvalue weighted by molar-refractivity contribution is -0.135. The van der Waals surface area contributed by atoms with E-state index in [0.717, 1.165) is 4.90 Å². The number of benzene rings is 2. The van der Waals surface area contributed by atoms with Crippen molar-refractivity contribution in [3.8, 4) is 0 Å². The predicted molar refractivity (Wildman–Crippen MR) is 102 cm³/mol. The molecule has 0 aromatic heterocycles. The van der Waals surface area contributed by atoms with Crippen molar-refractivity contribution in [2.45, 2.75) is 31.8 Å². The van der Waals surface area contributed by atoms with Crippen molar-refractivity contribution in [1.29, 1.82) is 0 Å². The first-order valence-electron chi connectivity index (χ1n) is 9.17. The Morgan fingerprint density at radius 3 is 2.46 bits per heavy atom. The summed E-state index contributed by atoms with van der Waals surface area (Å²) in [5.74, 6) is -1.41. The van der Waals surface area contributed by atoms with Gasteiger partial charge >= 0.3 is 6.03 Å². The highest BCUT2D eigenvalue weighted by atomic mass is 19.1. The largest absolute Gasteiger partial charge is 0.350 e. The number of nitrogens with zero attached hydrogens (tertiary/aromatic N) is 1. The van der Waals surface area contributed by atoms with E-state index in [0.29, 0.717) is 24.0 Å². The molecule has 0 spiro atoms. The topological polar surface area (TPSA) is 78.5 Å². The van der Waals surface area contributed by atoms with Crippen LogP contribution in [0.1, 0.15) is 30.9 Å². The highest BCUT2D eigenvalue weighted by Crippen LogP contribution is 2.33. The summed E-state index contributed by atoms with van der Waals surface area (Å²) in [4.78, 5) is 38.7. The Morgan fingerprint density at radius 1 is 1.11 bits per heavy atom. The van der Waals surface area contributed by atoms with Gasteiger partial charge in [0.05, 0.1) is 0 Å². The van der Waals surface area contributed by atoms with Crippen LogP contribution < -0.4 is 10.6 Å². The van der Waals surface area contributed by atoms with Crippen LogP contribution in [0.4, 0.5) is 9.18 Å². The van der Waals surface area contributed by atoms with Gasteiger partial charge in [0.25, 0.3) is 5.91 Å². The normalized spacial score (nSPS) is 18.9. The molecule has 0 unspecified atom stereocenters. The third-order valence-electron chi connectivity index (χ3n) is 4.80. The fourth-order valence-electron chi connectivity index (χ4n) is 3.41. The fraction of sp³-hybridized carbons (Fsp3) is 0.286. The van der Waals surface area contributed by atoms with Gasteiger partial charge in [-0.3, -0.25) is 14.5 Å². The number of nitrogens with one attached hydrogen (secondary N) is 2. The third kappa shape index (κ3) is 3.74. The van der Waals surface area contributed by atoms with E-state index in [4.69, 9.17) is 0 Å². The fourth-order valence-corrected chi connectivity index (χ4v) is 3.41. The molecule has 1 saturated heterocycles. The molecule has 1 heterocycles. The smallest absolute Gasteiger partial charge is 0.325 e. The monoisotopic (exact) mass is 383 g/mol. The number of amides is 4. The van der Waals surface area contributed by atoms with Gasteiger partial charge in [-0.25, -0.2) is 9.18 Å². The first kappa shape index (κ1) is 19.5. The van der Waals surface area contributed by atoms with Crippen LogP contribution in [0.3, 0.4) is 0 Å². The molecule has 1 aliphatic heterocycles. The van der Waals surface area contributed by atoms with Gasteiger partial charge in [0.1, 0.15) is 17.9 Å². The Balaban J connectivity index is 1.72. The lowest BCUT2D eigenvalue weighted by Gasteiger charge is -2.26. The molecule has 1 fully saturated rings. The van der Waals surface area contributed by atoms with Gasteiger partial charge in [-0.1, -0.05) is 61.9 Å². The molecule has 0 saturated carbocycles. The number of rotatable bonds is 7. The van der Waals surface area contributed by atoms with Crippen molar-refractivity contribution in [2.75, 3.05) is 6.54 Å². The predicted octanol–water partition coefficient (Wildman–Crippen LogP) is 2.69. The molecule has 2 aromatic rings. The Labute approximate surface area is 162 Å². The molecule has 28 heavy (non-hydrogen) atoms. The molecule has 0 aliphatic carbocycles. The van der Waals surface area contributed by atoms with E-state index < -0.39 is 35.7 Å². The van der Waals surface area contributed by atoms with E-state index in [9.17, 15) is 18.8 Å². The van der Waals surface area contributed by atoms with Crippen LogP contribution in [0.5, 0.6) is 0 Å². The van der Waals surface area contributed by atoms with Crippen molar-refractivity contribution >= 4 is 17.8 Å². The lowest BCUT2D eigenvalue weighted by Crippen LogP contribution is -2.45. The Kier molecular flexibility index (Phi) is 5.73. The molecular weight excluding hydrogens is 361 g/mol. The van der Waals surface area contributed by atoms with Gasteiger partial charge in [0.2, 0.25) is 5.91 Å². The van der Waals surface area contributed by atoms with Gasteiger partial charge in [0.15, 0.2) is 0 Å². The van der Waals surface area contributed by atoms with Gasteiger partial charge in [-0.2, -0.15) is 0 Å². The Bertz CT molecular complexity index is 887. The zero-order valence-corrected chi connectivity index (χ0v) is 15.6. The molecule has 6 nitrogen and oxygen atoms in total. The minimum atomic E-state index is -1.17. The number of halogens is 1. The standard InChI is InChI=1S/C21H22FN3O3/c1-2-12-21(16-9-4-3-5-10-16)19(27)25(20(28)24-21)14-18(26)23-13-15-8-6-7-11-17(15)22/h3-11H,2,12-14H2,1H3,(H,23,26)(H,24,28)/t21-/m1/s1. The van der Waals surface area contributed by atoms with E-state index in [1.165, 1.54) is 6.07 Å². The second kappa shape index (κ2) is 8.21. The first-order valence-corrected chi connectivity index (χ1v) is 9.17. The van der Waals surface area contributed by atoms with Gasteiger partial charge in [0, 0.05) is 12.1 Å². The summed E-state index contributed by atoms with van der Waals surface area (Å²) in [5.41, 5.74) is -0.152. The molecule has 1 atom stereocenters. The summed E-state index contributed by atoms with van der Waals surface area (Å²) in [6.07, 6.45) is 1.10. The molecule has 7 heteroatoms. The number of urea groups is 1. The molecule has 3 rings (SSSR count). The van der Waals surface area contributed by atoms with Crippen LogP contribution >= 0.6 is 0 Å². The van der Waals surface area contributed by atoms with Gasteiger partial charge in [-0.05, 0) is 18.1 Å². The maximum absolute atomic E-state index is 13.7. The molecule has 4 amide bonds. The van der Waals surface area contributed by atoms with Crippen molar-refractivity contribution in [3.63, 3.8) is 0 Å². The first-order chi connectivity index (χ1) is 13.5. The molecule has 2 aromatic carbocycles. The number of hydrogen-bond donors (Lipinski definition) is 2. The number of carbonyl (C=O) groups is 3. The summed E-state index contributed by atoms with van der Waals surface area (Å²) >= 11 is 0. The summed E-state index contributed by atoms with van der Waals surface area (Å²) < 4.78 is 13.7. The number of hydrogen-bond acceptors (Lipinski definition) is 3. The van der Waals surface area contributed by atoms with E-state index in [1.54, 1.807) is 42.5 Å². The number of imide groups is 1. The minimum Gasteiger partial charge on any atom is -0.350 e. The van der Waals surface area contributed by atoms with Crippen molar-refractivity contribution in [1.82, 2.24) is 15.5 Å². The van der Waals surface area contributed by atoms with Crippen LogP contribution in [0.15, 0.2) is 54.6 Å². The third-order valence-corrected chi connectivity index (χ3v) is 4.80. The second-order valence-electron chi connectivity index (χ2n) is 6.71. The Morgan fingerprint density at radius 2 is 1.79 bits per heavy atom. The minimum absolute atomic E-state index is 0.0199. The molecule has 146 valence electrons. The van der Waals surface area contributed by atoms with Crippen molar-refractivity contribution in [2.24, 2.45) is 0 Å². The molecule has 1 aliphatic rings.